The van der Waals surface area contributed by atoms with Crippen LogP contribution in [0.25, 0.3) is 0 Å². The number of hydrogen-bond acceptors (Lipinski definition) is 2. The lowest BCUT2D eigenvalue weighted by Crippen LogP contribution is -2.57. The van der Waals surface area contributed by atoms with E-state index in [0.717, 1.165) is 0 Å². The van der Waals surface area contributed by atoms with E-state index in [9.17, 15) is 4.79 Å². The van der Waals surface area contributed by atoms with Crippen molar-refractivity contribution in [1.29, 1.82) is 0 Å². The van der Waals surface area contributed by atoms with Gasteiger partial charge in [0.25, 0.3) is 0 Å². The molecule has 0 atom stereocenters. The van der Waals surface area contributed by atoms with E-state index in [-0.39, 0.29) is 23.5 Å². The van der Waals surface area contributed by atoms with Gasteiger partial charge in [0.15, 0.2) is 0 Å². The van der Waals surface area contributed by atoms with Gasteiger partial charge in [0.2, 0.25) is 11.9 Å². The number of hydrogen-bond donors (Lipinski definition) is 1. The van der Waals surface area contributed by atoms with E-state index < -0.39 is 5.41 Å². The summed E-state index contributed by atoms with van der Waals surface area (Å²) in [5, 5.41) is 3.01. The molecule has 4 nitrogen and oxygen atoms in total. The Kier molecular flexibility index (Phi) is 6.25. The Hall–Kier alpha value is -1.06. The molecule has 0 aliphatic rings. The van der Waals surface area contributed by atoms with E-state index in [1.807, 2.05) is 34.6 Å². The highest BCUT2D eigenvalue weighted by molar-refractivity contribution is 5.99. The molecule has 1 N–H and O–H groups in total. The number of rotatable bonds is 2. The van der Waals surface area contributed by atoms with Gasteiger partial charge in [0, 0.05) is 23.0 Å². The van der Waals surface area contributed by atoms with Crippen molar-refractivity contribution in [3.63, 3.8) is 0 Å². The third-order valence-electron chi connectivity index (χ3n) is 2.75. The highest BCUT2D eigenvalue weighted by Crippen LogP contribution is 2.19. The molecular weight excluding hydrogens is 250 g/mol. The first-order chi connectivity index (χ1) is 8.76. The number of nitrogens with one attached hydrogen (secondary N) is 1. The quantitative estimate of drug-likeness (QED) is 0.623. The third-order valence-corrected chi connectivity index (χ3v) is 2.75. The second-order valence-corrected chi connectivity index (χ2v) is 7.89. The molecule has 1 amide bonds. The first kappa shape index (κ1) is 18.9. The van der Waals surface area contributed by atoms with Gasteiger partial charge < -0.3 is 4.90 Å². The molecule has 0 heterocycles. The molecule has 0 unspecified atom stereocenters. The molecule has 0 saturated heterocycles. The number of carbonyl (C=O) groups is 1. The number of amides is 1. The zero-order valence-corrected chi connectivity index (χ0v) is 15.0. The summed E-state index contributed by atoms with van der Waals surface area (Å²) in [5.41, 5.74) is -0.536. The molecule has 0 radical (unpaired) electrons. The minimum Gasteiger partial charge on any atom is -0.335 e. The second-order valence-electron chi connectivity index (χ2n) is 7.89. The van der Waals surface area contributed by atoms with Gasteiger partial charge in [-0.3, -0.25) is 10.1 Å². The van der Waals surface area contributed by atoms with E-state index in [4.69, 9.17) is 0 Å². The van der Waals surface area contributed by atoms with Gasteiger partial charge >= 0.3 is 0 Å². The maximum Gasteiger partial charge on any atom is 0.232 e. The minimum atomic E-state index is -0.432. The SMILES string of the molecule is CC(C)N=C(NC(=O)C(C)(C)C)N(C(C)C)C(C)(C)C. The Balaban J connectivity index is 5.52. The molecule has 118 valence electrons. The van der Waals surface area contributed by atoms with Gasteiger partial charge in [0.05, 0.1) is 0 Å². The van der Waals surface area contributed by atoms with Crippen molar-refractivity contribution >= 4 is 11.9 Å². The van der Waals surface area contributed by atoms with Gasteiger partial charge in [-0.25, -0.2) is 4.99 Å². The lowest BCUT2D eigenvalue weighted by molar-refractivity contribution is -0.127. The second kappa shape index (κ2) is 6.59. The van der Waals surface area contributed by atoms with Gasteiger partial charge in [0.1, 0.15) is 0 Å². The van der Waals surface area contributed by atoms with Crippen LogP contribution in [0.15, 0.2) is 4.99 Å². The standard InChI is InChI=1S/C16H33N3O/c1-11(2)17-14(18-13(20)15(5,6)7)19(12(3)4)16(8,9)10/h11-12H,1-10H3,(H,17,18,20). The molecule has 0 fully saturated rings. The molecule has 20 heavy (non-hydrogen) atoms. The summed E-state index contributed by atoms with van der Waals surface area (Å²) in [5.74, 6) is 0.661. The molecule has 0 aromatic heterocycles. The van der Waals surface area contributed by atoms with E-state index in [2.05, 4.69) is 49.8 Å². The topological polar surface area (TPSA) is 44.7 Å². The summed E-state index contributed by atoms with van der Waals surface area (Å²) in [6.45, 7) is 20.4. The fourth-order valence-electron chi connectivity index (χ4n) is 2.03. The van der Waals surface area contributed by atoms with E-state index in [1.54, 1.807) is 0 Å². The maximum absolute atomic E-state index is 12.3. The largest absolute Gasteiger partial charge is 0.335 e. The normalized spacial score (nSPS) is 13.9. The van der Waals surface area contributed by atoms with Crippen molar-refractivity contribution < 1.29 is 4.79 Å². The summed E-state index contributed by atoms with van der Waals surface area (Å²) in [6.07, 6.45) is 0. The lowest BCUT2D eigenvalue weighted by Gasteiger charge is -2.42. The summed E-state index contributed by atoms with van der Waals surface area (Å²) in [6, 6.07) is 0.390. The van der Waals surface area contributed by atoms with Crippen LogP contribution in [0.3, 0.4) is 0 Å². The average molecular weight is 283 g/mol. The van der Waals surface area contributed by atoms with Crippen LogP contribution < -0.4 is 5.32 Å². The first-order valence-corrected chi connectivity index (χ1v) is 7.45. The van der Waals surface area contributed by atoms with Crippen LogP contribution in [-0.4, -0.2) is 34.4 Å². The Morgan fingerprint density at radius 2 is 1.45 bits per heavy atom. The molecule has 0 aliphatic carbocycles. The van der Waals surface area contributed by atoms with Crippen molar-refractivity contribution in [3.05, 3.63) is 0 Å². The summed E-state index contributed by atoms with van der Waals surface area (Å²) < 4.78 is 0. The predicted octanol–water partition coefficient (Wildman–Crippen LogP) is 3.42. The van der Waals surface area contributed by atoms with Gasteiger partial charge in [-0.2, -0.15) is 0 Å². The first-order valence-electron chi connectivity index (χ1n) is 7.45. The lowest BCUT2D eigenvalue weighted by atomic mass is 9.95. The smallest absolute Gasteiger partial charge is 0.232 e. The predicted molar refractivity (Wildman–Crippen MR) is 86.9 cm³/mol. The Morgan fingerprint density at radius 1 is 1.00 bits per heavy atom. The van der Waals surface area contributed by atoms with Crippen LogP contribution in [0.1, 0.15) is 69.2 Å². The maximum atomic E-state index is 12.3. The van der Waals surface area contributed by atoms with Crippen molar-refractivity contribution in [1.82, 2.24) is 10.2 Å². The summed E-state index contributed by atoms with van der Waals surface area (Å²) >= 11 is 0. The molecular formula is C16H33N3O. The Labute approximate surface area is 125 Å². The zero-order chi connectivity index (χ0) is 16.3. The van der Waals surface area contributed by atoms with Crippen LogP contribution in [0.2, 0.25) is 0 Å². The van der Waals surface area contributed by atoms with E-state index in [1.165, 1.54) is 0 Å². The molecule has 0 saturated carbocycles. The van der Waals surface area contributed by atoms with E-state index in [0.29, 0.717) is 5.96 Å². The molecule has 0 aromatic carbocycles. The Morgan fingerprint density at radius 3 is 1.70 bits per heavy atom. The fourth-order valence-corrected chi connectivity index (χ4v) is 2.03. The molecule has 0 spiro atoms. The highest BCUT2D eigenvalue weighted by atomic mass is 16.2. The zero-order valence-electron chi connectivity index (χ0n) is 15.0. The number of guanidine groups is 1. The van der Waals surface area contributed by atoms with Crippen LogP contribution in [-0.2, 0) is 4.79 Å². The van der Waals surface area contributed by atoms with Crippen LogP contribution in [0.5, 0.6) is 0 Å². The number of nitrogens with zero attached hydrogens (tertiary/aromatic N) is 2. The van der Waals surface area contributed by atoms with Crippen molar-refractivity contribution in [3.8, 4) is 0 Å². The summed E-state index contributed by atoms with van der Waals surface area (Å²) in [4.78, 5) is 19.1. The summed E-state index contributed by atoms with van der Waals surface area (Å²) in [7, 11) is 0. The Bertz CT molecular complexity index is 357. The molecule has 0 rings (SSSR count). The van der Waals surface area contributed by atoms with Crippen molar-refractivity contribution in [2.75, 3.05) is 0 Å². The highest BCUT2D eigenvalue weighted by Gasteiger charge is 2.31. The number of carbonyl (C=O) groups excluding carboxylic acids is 1. The van der Waals surface area contributed by atoms with Gasteiger partial charge in [-0.1, -0.05) is 20.8 Å². The third kappa shape index (κ3) is 5.93. The van der Waals surface area contributed by atoms with Gasteiger partial charge in [-0.05, 0) is 48.5 Å². The fraction of sp³-hybridized carbons (Fsp3) is 0.875. The van der Waals surface area contributed by atoms with Crippen LogP contribution in [0, 0.1) is 5.41 Å². The molecule has 0 aliphatic heterocycles. The molecule has 0 aromatic rings. The van der Waals surface area contributed by atoms with E-state index >= 15 is 0 Å². The number of aliphatic imine (C=N–C) groups is 1. The van der Waals surface area contributed by atoms with Crippen molar-refractivity contribution in [2.24, 2.45) is 10.4 Å². The van der Waals surface area contributed by atoms with Crippen molar-refractivity contribution in [2.45, 2.75) is 86.9 Å². The monoisotopic (exact) mass is 283 g/mol. The van der Waals surface area contributed by atoms with Crippen LogP contribution in [0.4, 0.5) is 0 Å². The average Bonchev–Trinajstić information content (AvgIpc) is 2.10. The molecule has 0 bridgehead atoms. The molecule has 4 heteroatoms. The minimum absolute atomic E-state index is 0.00759. The van der Waals surface area contributed by atoms with Gasteiger partial charge in [-0.15, -0.1) is 0 Å². The van der Waals surface area contributed by atoms with Crippen LogP contribution >= 0.6 is 0 Å².